The van der Waals surface area contributed by atoms with Gasteiger partial charge in [-0.1, -0.05) is 30.7 Å². The lowest BCUT2D eigenvalue weighted by atomic mass is 9.97. The second kappa shape index (κ2) is 6.18. The Morgan fingerprint density at radius 2 is 1.94 bits per heavy atom. The number of nitrogens with zero attached hydrogens (tertiary/aromatic N) is 1. The molecule has 1 aromatic rings. The molecule has 0 aliphatic rings. The Morgan fingerprint density at radius 1 is 1.29 bits per heavy atom. The van der Waals surface area contributed by atoms with E-state index in [1.165, 1.54) is 16.7 Å². The van der Waals surface area contributed by atoms with Crippen molar-refractivity contribution in [3.63, 3.8) is 0 Å². The van der Waals surface area contributed by atoms with Gasteiger partial charge in [0.1, 0.15) is 0 Å². The molecule has 1 rings (SSSR count). The Kier molecular flexibility index (Phi) is 5.16. The highest BCUT2D eigenvalue weighted by Crippen LogP contribution is 2.25. The third-order valence-corrected chi connectivity index (χ3v) is 3.79. The van der Waals surface area contributed by atoms with Crippen LogP contribution in [0.25, 0.3) is 0 Å². The van der Waals surface area contributed by atoms with Gasteiger partial charge in [-0.05, 0) is 45.4 Å². The Balaban J connectivity index is 3.01. The number of nitrogens with two attached hydrogens (primary N) is 1. The third kappa shape index (κ3) is 3.30. The van der Waals surface area contributed by atoms with E-state index < -0.39 is 0 Å². The molecule has 2 heteroatoms. The summed E-state index contributed by atoms with van der Waals surface area (Å²) in [6.45, 7) is 9.45. The summed E-state index contributed by atoms with van der Waals surface area (Å²) in [5.41, 5.74) is 9.98. The lowest BCUT2D eigenvalue weighted by Crippen LogP contribution is -2.37. The maximum absolute atomic E-state index is 5.96. The molecule has 0 radical (unpaired) electrons. The summed E-state index contributed by atoms with van der Waals surface area (Å²) < 4.78 is 0. The van der Waals surface area contributed by atoms with E-state index in [4.69, 9.17) is 5.73 Å². The molecule has 0 heterocycles. The van der Waals surface area contributed by atoms with Gasteiger partial charge in [0, 0.05) is 18.6 Å². The molecular weight excluding hydrogens is 208 g/mol. The fourth-order valence-electron chi connectivity index (χ4n) is 2.31. The largest absolute Gasteiger partial charge is 0.329 e. The SMILES string of the molecule is CCC(C)N(C)C(CN)c1ccc(C)cc1C. The van der Waals surface area contributed by atoms with E-state index in [0.717, 1.165) is 6.42 Å². The molecular formula is C15H26N2. The maximum atomic E-state index is 5.96. The highest BCUT2D eigenvalue weighted by atomic mass is 15.2. The predicted molar refractivity (Wildman–Crippen MR) is 75.2 cm³/mol. The molecule has 17 heavy (non-hydrogen) atoms. The van der Waals surface area contributed by atoms with E-state index in [-0.39, 0.29) is 0 Å². The molecule has 2 atom stereocenters. The van der Waals surface area contributed by atoms with Gasteiger partial charge in [0.15, 0.2) is 0 Å². The average molecular weight is 234 g/mol. The number of likely N-dealkylation sites (N-methyl/N-ethyl adjacent to an activating group) is 1. The minimum atomic E-state index is 0.325. The van der Waals surface area contributed by atoms with Crippen LogP contribution >= 0.6 is 0 Å². The quantitative estimate of drug-likeness (QED) is 0.848. The van der Waals surface area contributed by atoms with Crippen molar-refractivity contribution in [3.05, 3.63) is 34.9 Å². The van der Waals surface area contributed by atoms with E-state index in [2.05, 4.69) is 57.8 Å². The van der Waals surface area contributed by atoms with Crippen LogP contribution in [0.4, 0.5) is 0 Å². The Hall–Kier alpha value is -0.860. The number of rotatable bonds is 5. The van der Waals surface area contributed by atoms with Crippen molar-refractivity contribution in [2.75, 3.05) is 13.6 Å². The Labute approximate surface area is 106 Å². The van der Waals surface area contributed by atoms with Crippen molar-refractivity contribution in [2.45, 2.75) is 46.2 Å². The van der Waals surface area contributed by atoms with Crippen molar-refractivity contribution < 1.29 is 0 Å². The first-order chi connectivity index (χ1) is 8.01. The number of hydrogen-bond acceptors (Lipinski definition) is 2. The number of hydrogen-bond donors (Lipinski definition) is 1. The van der Waals surface area contributed by atoms with Gasteiger partial charge >= 0.3 is 0 Å². The van der Waals surface area contributed by atoms with Crippen LogP contribution in [0.5, 0.6) is 0 Å². The Morgan fingerprint density at radius 3 is 2.41 bits per heavy atom. The van der Waals surface area contributed by atoms with Crippen molar-refractivity contribution >= 4 is 0 Å². The molecule has 0 saturated carbocycles. The summed E-state index contributed by atoms with van der Waals surface area (Å²) >= 11 is 0. The summed E-state index contributed by atoms with van der Waals surface area (Å²) in [4.78, 5) is 2.39. The molecule has 0 saturated heterocycles. The highest BCUT2D eigenvalue weighted by Gasteiger charge is 2.20. The molecule has 0 aliphatic carbocycles. The predicted octanol–water partition coefficient (Wildman–Crippen LogP) is 3.03. The third-order valence-electron chi connectivity index (χ3n) is 3.79. The summed E-state index contributed by atoms with van der Waals surface area (Å²) in [7, 11) is 2.17. The topological polar surface area (TPSA) is 29.3 Å². The normalized spacial score (nSPS) is 15.0. The number of benzene rings is 1. The van der Waals surface area contributed by atoms with Gasteiger partial charge < -0.3 is 5.73 Å². The van der Waals surface area contributed by atoms with E-state index >= 15 is 0 Å². The molecule has 0 aliphatic heterocycles. The smallest absolute Gasteiger partial charge is 0.0472 e. The molecule has 0 fully saturated rings. The fourth-order valence-corrected chi connectivity index (χ4v) is 2.31. The van der Waals surface area contributed by atoms with E-state index in [1.54, 1.807) is 0 Å². The molecule has 2 N–H and O–H groups in total. The van der Waals surface area contributed by atoms with Crippen molar-refractivity contribution in [1.29, 1.82) is 0 Å². The average Bonchev–Trinajstić information content (AvgIpc) is 2.31. The van der Waals surface area contributed by atoms with Gasteiger partial charge in [-0.25, -0.2) is 0 Å². The Bertz CT molecular complexity index is 360. The van der Waals surface area contributed by atoms with Gasteiger partial charge in [0.2, 0.25) is 0 Å². The number of aryl methyl sites for hydroxylation is 2. The summed E-state index contributed by atoms with van der Waals surface area (Å²) in [5, 5.41) is 0. The zero-order valence-corrected chi connectivity index (χ0v) is 11.8. The van der Waals surface area contributed by atoms with E-state index in [9.17, 15) is 0 Å². The minimum absolute atomic E-state index is 0.325. The first-order valence-electron chi connectivity index (χ1n) is 6.50. The van der Waals surface area contributed by atoms with Gasteiger partial charge in [-0.3, -0.25) is 4.90 Å². The molecule has 0 spiro atoms. The lowest BCUT2D eigenvalue weighted by molar-refractivity contribution is 0.184. The summed E-state index contributed by atoms with van der Waals surface area (Å²) in [5.74, 6) is 0. The van der Waals surface area contributed by atoms with Crippen molar-refractivity contribution in [3.8, 4) is 0 Å². The first-order valence-corrected chi connectivity index (χ1v) is 6.50. The maximum Gasteiger partial charge on any atom is 0.0472 e. The first kappa shape index (κ1) is 14.2. The van der Waals surface area contributed by atoms with Gasteiger partial charge in [-0.15, -0.1) is 0 Å². The second-order valence-electron chi connectivity index (χ2n) is 5.03. The lowest BCUT2D eigenvalue weighted by Gasteiger charge is -2.33. The molecule has 0 bridgehead atoms. The molecule has 0 aromatic heterocycles. The van der Waals surface area contributed by atoms with Crippen LogP contribution in [-0.4, -0.2) is 24.5 Å². The summed E-state index contributed by atoms with van der Waals surface area (Å²) in [6.07, 6.45) is 1.15. The zero-order valence-electron chi connectivity index (χ0n) is 11.8. The molecule has 0 amide bonds. The van der Waals surface area contributed by atoms with E-state index in [0.29, 0.717) is 18.6 Å². The van der Waals surface area contributed by atoms with Crippen LogP contribution in [0.2, 0.25) is 0 Å². The van der Waals surface area contributed by atoms with Crippen molar-refractivity contribution in [2.24, 2.45) is 5.73 Å². The molecule has 2 nitrogen and oxygen atoms in total. The minimum Gasteiger partial charge on any atom is -0.329 e. The van der Waals surface area contributed by atoms with Crippen LogP contribution in [0.1, 0.15) is 43.0 Å². The highest BCUT2D eigenvalue weighted by molar-refractivity contribution is 5.33. The molecule has 1 aromatic carbocycles. The van der Waals surface area contributed by atoms with Crippen molar-refractivity contribution in [1.82, 2.24) is 4.90 Å². The summed E-state index contributed by atoms with van der Waals surface area (Å²) in [6, 6.07) is 7.52. The van der Waals surface area contributed by atoms with Crippen LogP contribution in [0, 0.1) is 13.8 Å². The van der Waals surface area contributed by atoms with Crippen LogP contribution in [0.15, 0.2) is 18.2 Å². The monoisotopic (exact) mass is 234 g/mol. The second-order valence-corrected chi connectivity index (χ2v) is 5.03. The fraction of sp³-hybridized carbons (Fsp3) is 0.600. The standard InChI is InChI=1S/C15H26N2/c1-6-13(4)17(5)15(10-16)14-8-7-11(2)9-12(14)3/h7-9,13,15H,6,10,16H2,1-5H3. The van der Waals surface area contributed by atoms with Crippen LogP contribution in [0.3, 0.4) is 0 Å². The van der Waals surface area contributed by atoms with Gasteiger partial charge in [0.05, 0.1) is 0 Å². The van der Waals surface area contributed by atoms with Gasteiger partial charge in [-0.2, -0.15) is 0 Å². The van der Waals surface area contributed by atoms with E-state index in [1.807, 2.05) is 0 Å². The zero-order chi connectivity index (χ0) is 13.0. The molecule has 2 unspecified atom stereocenters. The van der Waals surface area contributed by atoms with Gasteiger partial charge in [0.25, 0.3) is 0 Å². The van der Waals surface area contributed by atoms with Crippen LogP contribution < -0.4 is 5.73 Å². The molecule has 96 valence electrons. The van der Waals surface area contributed by atoms with Crippen LogP contribution in [-0.2, 0) is 0 Å².